The van der Waals surface area contributed by atoms with Crippen LogP contribution in [-0.4, -0.2) is 16.6 Å². The van der Waals surface area contributed by atoms with Crippen molar-refractivity contribution in [1.29, 1.82) is 0 Å². The van der Waals surface area contributed by atoms with Gasteiger partial charge in [-0.05, 0) is 13.1 Å². The first kappa shape index (κ1) is 11.2. The Hall–Kier alpha value is -1.32. The minimum atomic E-state index is 0.751. The van der Waals surface area contributed by atoms with Crippen molar-refractivity contribution in [3.05, 3.63) is 41.3 Å². The van der Waals surface area contributed by atoms with Crippen molar-refractivity contribution in [3.63, 3.8) is 0 Å². The highest BCUT2D eigenvalue weighted by Crippen LogP contribution is 2.27. The zero-order valence-corrected chi connectivity index (χ0v) is 10.1. The van der Waals surface area contributed by atoms with Gasteiger partial charge >= 0.3 is 0 Å². The molecule has 4 heteroatoms. The molecule has 0 atom stereocenters. The van der Waals surface area contributed by atoms with E-state index >= 15 is 0 Å². The van der Waals surface area contributed by atoms with E-state index in [1.54, 1.807) is 0 Å². The topological polar surface area (TPSA) is 29.9 Å². The average molecular weight is 236 g/mol. The summed E-state index contributed by atoms with van der Waals surface area (Å²) in [6.07, 6.45) is 1.86. The Labute approximate surface area is 100 Å². The van der Waals surface area contributed by atoms with E-state index in [1.807, 2.05) is 44.6 Å². The van der Waals surface area contributed by atoms with E-state index < -0.39 is 0 Å². The predicted molar refractivity (Wildman–Crippen MR) is 66.4 cm³/mol. The molecule has 1 N–H and O–H groups in total. The molecule has 0 radical (unpaired) electrons. The molecule has 1 heterocycles. The third-order valence-corrected chi connectivity index (χ3v) is 2.90. The van der Waals surface area contributed by atoms with Gasteiger partial charge in [0.1, 0.15) is 5.82 Å². The summed E-state index contributed by atoms with van der Waals surface area (Å²) in [4.78, 5) is 4.36. The summed E-state index contributed by atoms with van der Waals surface area (Å²) in [5.74, 6) is 0.998. The van der Waals surface area contributed by atoms with Gasteiger partial charge in [0, 0.05) is 17.6 Å². The van der Waals surface area contributed by atoms with Gasteiger partial charge in [0.25, 0.3) is 0 Å². The molecule has 0 bridgehead atoms. The van der Waals surface area contributed by atoms with Crippen LogP contribution < -0.4 is 5.32 Å². The van der Waals surface area contributed by atoms with Gasteiger partial charge in [-0.3, -0.25) is 0 Å². The zero-order valence-electron chi connectivity index (χ0n) is 9.37. The van der Waals surface area contributed by atoms with Crippen LogP contribution in [0.4, 0.5) is 0 Å². The maximum atomic E-state index is 6.16. The average Bonchev–Trinajstić information content (AvgIpc) is 2.62. The summed E-state index contributed by atoms with van der Waals surface area (Å²) >= 11 is 6.16. The minimum Gasteiger partial charge on any atom is -0.330 e. The van der Waals surface area contributed by atoms with E-state index in [0.717, 1.165) is 28.6 Å². The summed E-state index contributed by atoms with van der Waals surface area (Å²) in [7, 11) is 3.90. The number of imidazole rings is 1. The van der Waals surface area contributed by atoms with Crippen molar-refractivity contribution < 1.29 is 0 Å². The molecule has 1 aromatic heterocycles. The van der Waals surface area contributed by atoms with Gasteiger partial charge in [-0.15, -0.1) is 0 Å². The highest BCUT2D eigenvalue weighted by atomic mass is 35.5. The number of hydrogen-bond donors (Lipinski definition) is 1. The van der Waals surface area contributed by atoms with Crippen molar-refractivity contribution in [1.82, 2.24) is 14.9 Å². The van der Waals surface area contributed by atoms with E-state index in [0.29, 0.717) is 0 Å². The lowest BCUT2D eigenvalue weighted by Crippen LogP contribution is -2.10. The lowest BCUT2D eigenvalue weighted by Gasteiger charge is -2.07. The number of benzene rings is 1. The van der Waals surface area contributed by atoms with Gasteiger partial charge in [0.15, 0.2) is 0 Å². The third kappa shape index (κ3) is 1.96. The molecular formula is C12H14ClN3. The fourth-order valence-corrected chi connectivity index (χ4v) is 1.92. The molecule has 2 rings (SSSR count). The molecule has 0 saturated carbocycles. The van der Waals surface area contributed by atoms with Crippen LogP contribution in [0.5, 0.6) is 0 Å². The number of nitrogens with zero attached hydrogens (tertiary/aromatic N) is 2. The van der Waals surface area contributed by atoms with E-state index in [1.165, 1.54) is 0 Å². The molecule has 0 aliphatic rings. The number of nitrogens with one attached hydrogen (secondary N) is 1. The summed E-state index contributed by atoms with van der Waals surface area (Å²) in [5.41, 5.74) is 2.05. The molecule has 0 saturated heterocycles. The first-order chi connectivity index (χ1) is 7.74. The second kappa shape index (κ2) is 4.68. The normalized spacial score (nSPS) is 10.7. The standard InChI is InChI=1S/C12H14ClN3/c1-14-8-12-15-7-11(16(12)2)9-5-3-4-6-10(9)13/h3-7,14H,8H2,1-2H3. The van der Waals surface area contributed by atoms with E-state index in [-0.39, 0.29) is 0 Å². The molecule has 16 heavy (non-hydrogen) atoms. The van der Waals surface area contributed by atoms with Crippen LogP contribution >= 0.6 is 11.6 Å². The maximum Gasteiger partial charge on any atom is 0.122 e. The molecule has 0 amide bonds. The summed E-state index contributed by atoms with van der Waals surface area (Å²) in [5, 5.41) is 3.84. The largest absolute Gasteiger partial charge is 0.330 e. The molecule has 84 valence electrons. The SMILES string of the molecule is CNCc1ncc(-c2ccccc2Cl)n1C. The van der Waals surface area contributed by atoms with E-state index in [2.05, 4.69) is 14.9 Å². The second-order valence-corrected chi connectivity index (χ2v) is 4.04. The molecule has 1 aromatic carbocycles. The van der Waals surface area contributed by atoms with E-state index in [4.69, 9.17) is 11.6 Å². The van der Waals surface area contributed by atoms with Gasteiger partial charge in [-0.1, -0.05) is 29.8 Å². The minimum absolute atomic E-state index is 0.751. The van der Waals surface area contributed by atoms with Crippen molar-refractivity contribution in [2.45, 2.75) is 6.54 Å². The van der Waals surface area contributed by atoms with Gasteiger partial charge < -0.3 is 9.88 Å². The Morgan fingerprint density at radius 2 is 2.12 bits per heavy atom. The quantitative estimate of drug-likeness (QED) is 0.886. The lowest BCUT2D eigenvalue weighted by molar-refractivity contribution is 0.712. The zero-order chi connectivity index (χ0) is 11.5. The molecule has 3 nitrogen and oxygen atoms in total. The molecule has 0 spiro atoms. The molecule has 0 aliphatic heterocycles. The van der Waals surface area contributed by atoms with Gasteiger partial charge in [0.05, 0.1) is 18.4 Å². The van der Waals surface area contributed by atoms with Crippen LogP contribution in [-0.2, 0) is 13.6 Å². The molecule has 0 aliphatic carbocycles. The monoisotopic (exact) mass is 235 g/mol. The number of hydrogen-bond acceptors (Lipinski definition) is 2. The summed E-state index contributed by atoms with van der Waals surface area (Å²) in [6.45, 7) is 0.751. The van der Waals surface area contributed by atoms with Crippen LogP contribution in [0.25, 0.3) is 11.3 Å². The Morgan fingerprint density at radius 1 is 1.38 bits per heavy atom. The van der Waals surface area contributed by atoms with Crippen LogP contribution in [0, 0.1) is 0 Å². The maximum absolute atomic E-state index is 6.16. The van der Waals surface area contributed by atoms with Crippen LogP contribution in [0.3, 0.4) is 0 Å². The van der Waals surface area contributed by atoms with Gasteiger partial charge in [0.2, 0.25) is 0 Å². The third-order valence-electron chi connectivity index (χ3n) is 2.57. The second-order valence-electron chi connectivity index (χ2n) is 3.63. The summed E-state index contributed by atoms with van der Waals surface area (Å²) in [6, 6.07) is 7.80. The van der Waals surface area contributed by atoms with Crippen molar-refractivity contribution in [2.75, 3.05) is 7.05 Å². The fourth-order valence-electron chi connectivity index (χ4n) is 1.69. The smallest absolute Gasteiger partial charge is 0.122 e. The Bertz CT molecular complexity index is 491. The highest BCUT2D eigenvalue weighted by molar-refractivity contribution is 6.33. The Balaban J connectivity index is 2.45. The molecule has 2 aromatic rings. The molecular weight excluding hydrogens is 222 g/mol. The lowest BCUT2D eigenvalue weighted by atomic mass is 10.2. The number of rotatable bonds is 3. The Kier molecular flexibility index (Phi) is 3.27. The van der Waals surface area contributed by atoms with Gasteiger partial charge in [-0.25, -0.2) is 4.98 Å². The number of halogens is 1. The number of aromatic nitrogens is 2. The first-order valence-electron chi connectivity index (χ1n) is 5.14. The van der Waals surface area contributed by atoms with Crippen molar-refractivity contribution in [2.24, 2.45) is 7.05 Å². The van der Waals surface area contributed by atoms with Gasteiger partial charge in [-0.2, -0.15) is 0 Å². The first-order valence-corrected chi connectivity index (χ1v) is 5.52. The predicted octanol–water partition coefficient (Wildman–Crippen LogP) is 2.46. The van der Waals surface area contributed by atoms with E-state index in [9.17, 15) is 0 Å². The van der Waals surface area contributed by atoms with Crippen molar-refractivity contribution in [3.8, 4) is 11.3 Å². The van der Waals surface area contributed by atoms with Crippen molar-refractivity contribution >= 4 is 11.6 Å². The molecule has 0 unspecified atom stereocenters. The van der Waals surface area contributed by atoms with Crippen LogP contribution in [0.2, 0.25) is 5.02 Å². The Morgan fingerprint density at radius 3 is 2.81 bits per heavy atom. The fraction of sp³-hybridized carbons (Fsp3) is 0.250. The molecule has 0 fully saturated rings. The van der Waals surface area contributed by atoms with Crippen LogP contribution in [0.1, 0.15) is 5.82 Å². The van der Waals surface area contributed by atoms with Crippen LogP contribution in [0.15, 0.2) is 30.5 Å². The highest BCUT2D eigenvalue weighted by Gasteiger charge is 2.09. The summed E-state index contributed by atoms with van der Waals surface area (Å²) < 4.78 is 2.05.